The second-order valence-corrected chi connectivity index (χ2v) is 6.78. The third-order valence-corrected chi connectivity index (χ3v) is 5.25. The second kappa shape index (κ2) is 5.90. The van der Waals surface area contributed by atoms with Crippen molar-refractivity contribution in [3.63, 3.8) is 0 Å². The van der Waals surface area contributed by atoms with Crippen LogP contribution < -0.4 is 10.6 Å². The van der Waals surface area contributed by atoms with E-state index in [1.807, 2.05) is 7.05 Å². The number of anilines is 1. The molecule has 1 heterocycles. The van der Waals surface area contributed by atoms with Gasteiger partial charge in [0.25, 0.3) is 0 Å². The molecular formula is C13H19N3O3S. The predicted molar refractivity (Wildman–Crippen MR) is 77.0 cm³/mol. The molecule has 0 aliphatic carbocycles. The molecule has 1 aliphatic rings. The monoisotopic (exact) mass is 297 g/mol. The number of carbonyl (C=O) groups is 1. The van der Waals surface area contributed by atoms with E-state index in [0.717, 1.165) is 6.42 Å². The number of likely N-dealkylation sites (N-methyl/N-ethyl adjacent to an activating group) is 1. The van der Waals surface area contributed by atoms with E-state index in [1.165, 1.54) is 23.4 Å². The zero-order chi connectivity index (χ0) is 14.8. The number of carbonyl (C=O) groups excluding carboxylic acids is 1. The highest BCUT2D eigenvalue weighted by molar-refractivity contribution is 7.89. The van der Waals surface area contributed by atoms with Crippen molar-refractivity contribution in [3.8, 4) is 0 Å². The zero-order valence-corrected chi connectivity index (χ0v) is 12.4. The highest BCUT2D eigenvalue weighted by Gasteiger charge is 2.31. The summed E-state index contributed by atoms with van der Waals surface area (Å²) in [5.41, 5.74) is 0.589. The normalized spacial score (nSPS) is 20.0. The number of benzene rings is 1. The van der Waals surface area contributed by atoms with Gasteiger partial charge in [0.2, 0.25) is 15.9 Å². The fourth-order valence-corrected chi connectivity index (χ4v) is 3.74. The van der Waals surface area contributed by atoms with Crippen LogP contribution in [0.5, 0.6) is 0 Å². The minimum atomic E-state index is -3.45. The molecule has 1 aromatic carbocycles. The van der Waals surface area contributed by atoms with Gasteiger partial charge in [-0.15, -0.1) is 0 Å². The van der Waals surface area contributed by atoms with Crippen LogP contribution >= 0.6 is 0 Å². The summed E-state index contributed by atoms with van der Waals surface area (Å²) in [4.78, 5) is 11.2. The summed E-state index contributed by atoms with van der Waals surface area (Å²) < 4.78 is 26.4. The Kier molecular flexibility index (Phi) is 4.42. The Hall–Kier alpha value is -1.44. The summed E-state index contributed by atoms with van der Waals surface area (Å²) in [6.07, 6.45) is 0.819. The van der Waals surface area contributed by atoms with Crippen LogP contribution in [0, 0.1) is 0 Å². The van der Waals surface area contributed by atoms with Gasteiger partial charge in [0.1, 0.15) is 0 Å². The van der Waals surface area contributed by atoms with Crippen molar-refractivity contribution >= 4 is 21.6 Å². The summed E-state index contributed by atoms with van der Waals surface area (Å²) in [5.74, 6) is -0.183. The summed E-state index contributed by atoms with van der Waals surface area (Å²) in [7, 11) is -1.61. The Morgan fingerprint density at radius 2 is 1.95 bits per heavy atom. The molecule has 0 aromatic heterocycles. The zero-order valence-electron chi connectivity index (χ0n) is 11.6. The van der Waals surface area contributed by atoms with Crippen LogP contribution in [0.2, 0.25) is 0 Å². The highest BCUT2D eigenvalue weighted by Crippen LogP contribution is 2.22. The Morgan fingerprint density at radius 3 is 2.45 bits per heavy atom. The van der Waals surface area contributed by atoms with Gasteiger partial charge in [-0.25, -0.2) is 8.42 Å². The van der Waals surface area contributed by atoms with Crippen molar-refractivity contribution in [2.75, 3.05) is 25.5 Å². The number of sulfonamides is 1. The maximum atomic E-state index is 12.4. The molecule has 110 valence electrons. The van der Waals surface area contributed by atoms with E-state index in [2.05, 4.69) is 10.6 Å². The smallest absolute Gasteiger partial charge is 0.243 e. The maximum absolute atomic E-state index is 12.4. The molecule has 1 amide bonds. The Labute approximate surface area is 119 Å². The first-order chi connectivity index (χ1) is 9.43. The Balaban J connectivity index is 2.16. The fourth-order valence-electron chi connectivity index (χ4n) is 2.24. The fraction of sp³-hybridized carbons (Fsp3) is 0.462. The molecule has 0 saturated carbocycles. The molecule has 1 aromatic rings. The first-order valence-electron chi connectivity index (χ1n) is 6.48. The van der Waals surface area contributed by atoms with E-state index in [-0.39, 0.29) is 16.8 Å². The van der Waals surface area contributed by atoms with E-state index in [4.69, 9.17) is 0 Å². The minimum absolute atomic E-state index is 0.183. The lowest BCUT2D eigenvalue weighted by atomic mass is 10.3. The summed E-state index contributed by atoms with van der Waals surface area (Å²) in [5, 5.41) is 5.71. The van der Waals surface area contributed by atoms with E-state index in [0.29, 0.717) is 18.8 Å². The van der Waals surface area contributed by atoms with Gasteiger partial charge < -0.3 is 10.6 Å². The molecule has 6 nitrogen and oxygen atoms in total. The Morgan fingerprint density at radius 1 is 1.30 bits per heavy atom. The number of nitrogens with zero attached hydrogens (tertiary/aromatic N) is 1. The molecular weight excluding hydrogens is 278 g/mol. The highest BCUT2D eigenvalue weighted by atomic mass is 32.2. The second-order valence-electron chi connectivity index (χ2n) is 4.84. The SMILES string of the molecule is CNC1CCN(S(=O)(=O)c2ccc(NC(C)=O)cc2)C1. The van der Waals surface area contributed by atoms with Gasteiger partial charge >= 0.3 is 0 Å². The van der Waals surface area contributed by atoms with Crippen LogP contribution in [0.1, 0.15) is 13.3 Å². The third-order valence-electron chi connectivity index (χ3n) is 3.37. The lowest BCUT2D eigenvalue weighted by molar-refractivity contribution is -0.114. The Bertz CT molecular complexity index is 583. The van der Waals surface area contributed by atoms with Crippen molar-refractivity contribution in [1.29, 1.82) is 0 Å². The van der Waals surface area contributed by atoms with Crippen LogP contribution in [0.25, 0.3) is 0 Å². The maximum Gasteiger partial charge on any atom is 0.243 e. The molecule has 1 aliphatic heterocycles. The molecule has 1 saturated heterocycles. The number of hydrogen-bond donors (Lipinski definition) is 2. The van der Waals surface area contributed by atoms with Gasteiger partial charge in [-0.3, -0.25) is 4.79 Å². The van der Waals surface area contributed by atoms with Crippen LogP contribution in [-0.4, -0.2) is 44.8 Å². The summed E-state index contributed by atoms with van der Waals surface area (Å²) in [6.45, 7) is 2.43. The number of rotatable bonds is 4. The molecule has 2 N–H and O–H groups in total. The van der Waals surface area contributed by atoms with Gasteiger partial charge in [-0.05, 0) is 37.7 Å². The molecule has 1 unspecified atom stereocenters. The predicted octanol–water partition coefficient (Wildman–Crippen LogP) is 0.627. The van der Waals surface area contributed by atoms with Crippen LogP contribution in [0.3, 0.4) is 0 Å². The summed E-state index contributed by atoms with van der Waals surface area (Å²) >= 11 is 0. The number of amides is 1. The van der Waals surface area contributed by atoms with Crippen LogP contribution in [-0.2, 0) is 14.8 Å². The molecule has 1 atom stereocenters. The van der Waals surface area contributed by atoms with Crippen molar-refractivity contribution in [3.05, 3.63) is 24.3 Å². The summed E-state index contributed by atoms with van der Waals surface area (Å²) in [6, 6.07) is 6.45. The third kappa shape index (κ3) is 3.17. The van der Waals surface area contributed by atoms with Crippen molar-refractivity contribution in [2.24, 2.45) is 0 Å². The van der Waals surface area contributed by atoms with E-state index >= 15 is 0 Å². The standard InChI is InChI=1S/C13H19N3O3S/c1-10(17)15-11-3-5-13(6-4-11)20(18,19)16-8-7-12(9-16)14-2/h3-6,12,14H,7-9H2,1-2H3,(H,15,17). The molecule has 0 radical (unpaired) electrons. The molecule has 2 rings (SSSR count). The lowest BCUT2D eigenvalue weighted by Gasteiger charge is -2.16. The first-order valence-corrected chi connectivity index (χ1v) is 7.92. The molecule has 7 heteroatoms. The number of hydrogen-bond acceptors (Lipinski definition) is 4. The van der Waals surface area contributed by atoms with E-state index in [9.17, 15) is 13.2 Å². The lowest BCUT2D eigenvalue weighted by Crippen LogP contribution is -2.33. The van der Waals surface area contributed by atoms with Crippen LogP contribution in [0.4, 0.5) is 5.69 Å². The minimum Gasteiger partial charge on any atom is -0.326 e. The van der Waals surface area contributed by atoms with Gasteiger partial charge in [0.05, 0.1) is 4.90 Å². The quantitative estimate of drug-likeness (QED) is 0.854. The molecule has 0 bridgehead atoms. The van der Waals surface area contributed by atoms with Crippen LogP contribution in [0.15, 0.2) is 29.2 Å². The van der Waals surface area contributed by atoms with E-state index < -0.39 is 10.0 Å². The average molecular weight is 297 g/mol. The molecule has 0 spiro atoms. The first kappa shape index (κ1) is 15.0. The largest absolute Gasteiger partial charge is 0.326 e. The van der Waals surface area contributed by atoms with Gasteiger partial charge in [-0.2, -0.15) is 4.31 Å². The topological polar surface area (TPSA) is 78.5 Å². The van der Waals surface area contributed by atoms with E-state index in [1.54, 1.807) is 12.1 Å². The molecule has 20 heavy (non-hydrogen) atoms. The molecule has 1 fully saturated rings. The van der Waals surface area contributed by atoms with Gasteiger partial charge in [-0.1, -0.05) is 0 Å². The average Bonchev–Trinajstić information content (AvgIpc) is 2.88. The number of nitrogens with one attached hydrogen (secondary N) is 2. The van der Waals surface area contributed by atoms with Crippen molar-refractivity contribution < 1.29 is 13.2 Å². The van der Waals surface area contributed by atoms with Gasteiger partial charge in [0, 0.05) is 31.7 Å². The van der Waals surface area contributed by atoms with Crippen molar-refractivity contribution in [2.45, 2.75) is 24.3 Å². The van der Waals surface area contributed by atoms with Crippen molar-refractivity contribution in [1.82, 2.24) is 9.62 Å². The van der Waals surface area contributed by atoms with Gasteiger partial charge in [0.15, 0.2) is 0 Å².